The number of unbranched alkanes of at least 4 members (excludes halogenated alkanes) is 1. The van der Waals surface area contributed by atoms with Gasteiger partial charge in [0.05, 0.1) is 5.56 Å². The molecule has 0 aliphatic carbocycles. The summed E-state index contributed by atoms with van der Waals surface area (Å²) < 4.78 is 1.25. The van der Waals surface area contributed by atoms with E-state index in [0.717, 1.165) is 59.0 Å². The zero-order valence-corrected chi connectivity index (χ0v) is 23.7. The Kier molecular flexibility index (Phi) is 10.7. The van der Waals surface area contributed by atoms with Crippen molar-refractivity contribution in [3.05, 3.63) is 124 Å². The van der Waals surface area contributed by atoms with E-state index in [2.05, 4.69) is 69.3 Å². The Morgan fingerprint density at radius 3 is 2.03 bits per heavy atom. The van der Waals surface area contributed by atoms with Crippen LogP contribution in [0.25, 0.3) is 28.1 Å². The Labute approximate surface area is 241 Å². The van der Waals surface area contributed by atoms with Gasteiger partial charge in [0.1, 0.15) is 0 Å². The van der Waals surface area contributed by atoms with Gasteiger partial charge in [0.15, 0.2) is 0 Å². The van der Waals surface area contributed by atoms with Crippen molar-refractivity contribution in [3.8, 4) is 11.5 Å². The fourth-order valence-corrected chi connectivity index (χ4v) is 4.50. The van der Waals surface area contributed by atoms with Crippen LogP contribution in [-0.4, -0.2) is 4.70 Å². The average Bonchev–Trinajstić information content (AvgIpc) is 3.61. The third-order valence-electron chi connectivity index (χ3n) is 6.94. The second-order valence-electron chi connectivity index (χ2n) is 9.53. The summed E-state index contributed by atoms with van der Waals surface area (Å²) in [6, 6.07) is 25.9. The molecule has 5 heteroatoms. The van der Waals surface area contributed by atoms with Gasteiger partial charge in [0, 0.05) is 22.6 Å². The van der Waals surface area contributed by atoms with Crippen molar-refractivity contribution in [2.45, 2.75) is 52.9 Å². The van der Waals surface area contributed by atoms with Crippen LogP contribution in [0.1, 0.15) is 61.4 Å². The zero-order chi connectivity index (χ0) is 27.1. The molecular weight excluding hydrogens is 527 g/mol. The molecule has 1 heterocycles. The van der Waals surface area contributed by atoms with Crippen molar-refractivity contribution in [1.82, 2.24) is 0 Å². The van der Waals surface area contributed by atoms with E-state index in [1.807, 2.05) is 36.4 Å². The molecule has 4 nitrogen and oxygen atoms in total. The molecule has 0 saturated carbocycles. The standard InChI is InChI=1S/C20H20N2.C14H16O2.Ni/c1-3-15-5-7-17(8-6-15)11-14-19-20(22(19)21)18-12-9-16(4-2)10-13-18;1-2-3-7-12-11-8-5-4-6-10(11)9-13(15)14(12)16;/h5-14H,3-4H2,1-2H3;4-6,8-9,15-16H,2-3,7H2,1H3;/p-2. The van der Waals surface area contributed by atoms with E-state index in [1.165, 1.54) is 21.9 Å². The fourth-order valence-electron chi connectivity index (χ4n) is 4.50. The SMILES string of the molecule is CCCCc1c([O-])c([O-])cc2ccccc12.CCc1ccc(C=CC2=C(c3ccc(CC)cc3)[N+]2=[N-])cc1.[Ni]. The zero-order valence-electron chi connectivity index (χ0n) is 22.7. The smallest absolute Gasteiger partial charge is 0.279 e. The van der Waals surface area contributed by atoms with Crippen LogP contribution in [0.5, 0.6) is 11.5 Å². The van der Waals surface area contributed by atoms with E-state index in [4.69, 9.17) is 0 Å². The number of rotatable bonds is 8. The number of benzene rings is 4. The van der Waals surface area contributed by atoms with Gasteiger partial charge in [0.2, 0.25) is 0 Å². The Balaban J connectivity index is 0.000000220. The maximum Gasteiger partial charge on any atom is 0.279 e. The molecule has 0 bridgehead atoms. The molecule has 0 radical (unpaired) electrons. The van der Waals surface area contributed by atoms with Crippen LogP contribution < -0.4 is 10.2 Å². The fraction of sp³-hybridized carbons (Fsp3) is 0.235. The molecule has 39 heavy (non-hydrogen) atoms. The monoisotopic (exact) mass is 560 g/mol. The van der Waals surface area contributed by atoms with Gasteiger partial charge in [0.25, 0.3) is 11.4 Å². The molecule has 0 unspecified atom stereocenters. The van der Waals surface area contributed by atoms with Crippen LogP contribution in [0.3, 0.4) is 0 Å². The quantitative estimate of drug-likeness (QED) is 0.165. The molecule has 1 aliphatic heterocycles. The topological polar surface area (TPSA) is 71.4 Å². The molecular formula is C34H34N2NiO2-2. The Morgan fingerprint density at radius 2 is 1.41 bits per heavy atom. The van der Waals surface area contributed by atoms with Crippen molar-refractivity contribution in [1.29, 1.82) is 0 Å². The molecule has 0 N–H and O–H groups in total. The van der Waals surface area contributed by atoms with Gasteiger partial charge in [-0.1, -0.05) is 93.9 Å². The molecule has 0 amide bonds. The Bertz CT molecular complexity index is 1490. The summed E-state index contributed by atoms with van der Waals surface area (Å²) in [6.45, 7) is 6.37. The van der Waals surface area contributed by atoms with Gasteiger partial charge in [-0.2, -0.15) is 0 Å². The summed E-state index contributed by atoms with van der Waals surface area (Å²) in [7, 11) is 0. The molecule has 0 spiro atoms. The molecule has 1 aliphatic rings. The second kappa shape index (κ2) is 13.9. The third kappa shape index (κ3) is 7.25. The maximum atomic E-state index is 11.8. The summed E-state index contributed by atoms with van der Waals surface area (Å²) in [4.78, 5) is 0. The van der Waals surface area contributed by atoms with E-state index in [1.54, 1.807) is 0 Å². The van der Waals surface area contributed by atoms with Crippen molar-refractivity contribution in [2.75, 3.05) is 0 Å². The van der Waals surface area contributed by atoms with E-state index >= 15 is 0 Å². The molecule has 0 fully saturated rings. The van der Waals surface area contributed by atoms with Crippen molar-refractivity contribution < 1.29 is 31.4 Å². The Morgan fingerprint density at radius 1 is 0.795 bits per heavy atom. The number of hydrogen-bond acceptors (Lipinski definition) is 2. The third-order valence-corrected chi connectivity index (χ3v) is 6.94. The average molecular weight is 561 g/mol. The second-order valence-corrected chi connectivity index (χ2v) is 9.53. The molecule has 0 aromatic heterocycles. The molecule has 4 aromatic carbocycles. The summed E-state index contributed by atoms with van der Waals surface area (Å²) in [6.07, 6.45) is 8.75. The molecule has 5 rings (SSSR count). The van der Waals surface area contributed by atoms with Crippen LogP contribution in [0.4, 0.5) is 0 Å². The molecule has 0 saturated heterocycles. The van der Waals surface area contributed by atoms with Crippen molar-refractivity contribution >= 4 is 22.5 Å². The van der Waals surface area contributed by atoms with Crippen molar-refractivity contribution in [2.24, 2.45) is 0 Å². The molecule has 204 valence electrons. The van der Waals surface area contributed by atoms with E-state index in [9.17, 15) is 15.7 Å². The van der Waals surface area contributed by atoms with Crippen LogP contribution >= 0.6 is 0 Å². The summed E-state index contributed by atoms with van der Waals surface area (Å²) in [5.41, 5.74) is 17.2. The number of fused-ring (bicyclic) bond motifs is 1. The van der Waals surface area contributed by atoms with Gasteiger partial charge in [-0.3, -0.25) is 0 Å². The van der Waals surface area contributed by atoms with Gasteiger partial charge < -0.3 is 15.7 Å². The number of hydrogen-bond donors (Lipinski definition) is 0. The van der Waals surface area contributed by atoms with Crippen LogP contribution in [0.15, 0.2) is 90.6 Å². The van der Waals surface area contributed by atoms with Gasteiger partial charge >= 0.3 is 0 Å². The maximum absolute atomic E-state index is 11.8. The Hall–Kier alpha value is -3.69. The van der Waals surface area contributed by atoms with Gasteiger partial charge in [-0.25, -0.2) is 4.70 Å². The van der Waals surface area contributed by atoms with Crippen molar-refractivity contribution in [3.63, 3.8) is 0 Å². The van der Waals surface area contributed by atoms with Gasteiger partial charge in [-0.15, -0.1) is 11.5 Å². The summed E-state index contributed by atoms with van der Waals surface area (Å²) in [5.74, 6) is -0.711. The molecule has 0 atom stereocenters. The largest absolute Gasteiger partial charge is 0.873 e. The molecule has 4 aromatic rings. The summed E-state index contributed by atoms with van der Waals surface area (Å²) >= 11 is 0. The van der Waals surface area contributed by atoms with Crippen LogP contribution in [0, 0.1) is 0 Å². The minimum absolute atomic E-state index is 0. The first-order valence-corrected chi connectivity index (χ1v) is 13.4. The van der Waals surface area contributed by atoms with E-state index in [0.29, 0.717) is 12.0 Å². The summed E-state index contributed by atoms with van der Waals surface area (Å²) in [5, 5.41) is 25.1. The minimum atomic E-state index is -0.384. The van der Waals surface area contributed by atoms with Gasteiger partial charge in [-0.05, 0) is 76.9 Å². The van der Waals surface area contributed by atoms with E-state index in [-0.39, 0.29) is 28.0 Å². The number of allylic oxidation sites excluding steroid dienone is 1. The number of aryl methyl sites for hydroxylation is 3. The van der Waals surface area contributed by atoms with Crippen LogP contribution in [0.2, 0.25) is 0 Å². The first kappa shape index (κ1) is 29.9. The predicted molar refractivity (Wildman–Crippen MR) is 153 cm³/mol. The van der Waals surface area contributed by atoms with Crippen LogP contribution in [-0.2, 0) is 35.8 Å². The number of nitrogens with zero attached hydrogens (tertiary/aromatic N) is 2. The predicted octanol–water partition coefficient (Wildman–Crippen LogP) is 7.57. The van der Waals surface area contributed by atoms with E-state index < -0.39 is 0 Å². The normalized spacial score (nSPS) is 12.3. The first-order valence-electron chi connectivity index (χ1n) is 13.4. The first-order chi connectivity index (χ1) is 18.5. The minimum Gasteiger partial charge on any atom is -0.873 e.